The molecule has 0 atom stereocenters. The first kappa shape index (κ1) is 17.0. The van der Waals surface area contributed by atoms with E-state index in [2.05, 4.69) is 17.6 Å². The number of thiophene rings is 1. The van der Waals surface area contributed by atoms with Crippen LogP contribution in [0.5, 0.6) is 0 Å². The van der Waals surface area contributed by atoms with E-state index in [0.29, 0.717) is 23.9 Å². The zero-order valence-electron chi connectivity index (χ0n) is 13.1. The Balaban J connectivity index is 1.79. The van der Waals surface area contributed by atoms with Gasteiger partial charge in [-0.15, -0.1) is 11.3 Å². The number of rotatable bonds is 7. The number of amides is 2. The Kier molecular flexibility index (Phi) is 6.86. The molecule has 0 bridgehead atoms. The average Bonchev–Trinajstić information content (AvgIpc) is 3.07. The molecule has 2 heterocycles. The van der Waals surface area contributed by atoms with E-state index < -0.39 is 0 Å². The first-order valence-corrected chi connectivity index (χ1v) is 8.92. The van der Waals surface area contributed by atoms with Crippen molar-refractivity contribution in [1.29, 1.82) is 0 Å². The number of carbonyl (C=O) groups is 2. The SMILES string of the molecule is CCCN(C(=O)CCNC(=O)c1cccs1)C1CCNCC1. The molecule has 1 aromatic heterocycles. The summed E-state index contributed by atoms with van der Waals surface area (Å²) in [6.07, 6.45) is 3.39. The molecule has 0 aromatic carbocycles. The molecule has 1 aliphatic rings. The quantitative estimate of drug-likeness (QED) is 0.805. The fourth-order valence-corrected chi connectivity index (χ4v) is 3.43. The van der Waals surface area contributed by atoms with E-state index >= 15 is 0 Å². The lowest BCUT2D eigenvalue weighted by atomic mass is 10.0. The van der Waals surface area contributed by atoms with Crippen molar-refractivity contribution in [2.24, 2.45) is 0 Å². The van der Waals surface area contributed by atoms with Gasteiger partial charge in [-0.1, -0.05) is 13.0 Å². The Morgan fingerprint density at radius 1 is 1.41 bits per heavy atom. The first-order valence-electron chi connectivity index (χ1n) is 8.04. The third-order valence-corrected chi connectivity index (χ3v) is 4.77. The predicted octanol–water partition coefficient (Wildman–Crippen LogP) is 1.86. The van der Waals surface area contributed by atoms with Crippen LogP contribution < -0.4 is 10.6 Å². The molecule has 2 amide bonds. The van der Waals surface area contributed by atoms with Crippen molar-refractivity contribution >= 4 is 23.2 Å². The third kappa shape index (κ3) is 4.81. The molecule has 0 radical (unpaired) electrons. The molecule has 122 valence electrons. The zero-order valence-corrected chi connectivity index (χ0v) is 14.0. The molecule has 2 N–H and O–H groups in total. The standard InChI is InChI=1S/C16H25N3O2S/c1-2-11-19(13-5-8-17-9-6-13)15(20)7-10-18-16(21)14-4-3-12-22-14/h3-4,12-13,17H,2,5-11H2,1H3,(H,18,21). The highest BCUT2D eigenvalue weighted by molar-refractivity contribution is 7.12. The molecular weight excluding hydrogens is 298 g/mol. The van der Waals surface area contributed by atoms with Crippen molar-refractivity contribution in [3.05, 3.63) is 22.4 Å². The summed E-state index contributed by atoms with van der Waals surface area (Å²) in [7, 11) is 0. The molecule has 22 heavy (non-hydrogen) atoms. The van der Waals surface area contributed by atoms with Gasteiger partial charge in [0.1, 0.15) is 0 Å². The highest BCUT2D eigenvalue weighted by Crippen LogP contribution is 2.14. The summed E-state index contributed by atoms with van der Waals surface area (Å²) in [4.78, 5) is 27.0. The summed E-state index contributed by atoms with van der Waals surface area (Å²) in [5, 5.41) is 8.03. The fourth-order valence-electron chi connectivity index (χ4n) is 2.79. The van der Waals surface area contributed by atoms with Crippen molar-refractivity contribution in [3.8, 4) is 0 Å². The number of nitrogens with one attached hydrogen (secondary N) is 2. The monoisotopic (exact) mass is 323 g/mol. The Labute approximate surface area is 136 Å². The molecule has 1 aromatic rings. The van der Waals surface area contributed by atoms with E-state index in [0.717, 1.165) is 38.9 Å². The van der Waals surface area contributed by atoms with Crippen LogP contribution in [0.25, 0.3) is 0 Å². The molecule has 0 unspecified atom stereocenters. The van der Waals surface area contributed by atoms with Gasteiger partial charge in [-0.2, -0.15) is 0 Å². The minimum absolute atomic E-state index is 0.0910. The second-order valence-electron chi connectivity index (χ2n) is 5.55. The van der Waals surface area contributed by atoms with Crippen LogP contribution >= 0.6 is 11.3 Å². The van der Waals surface area contributed by atoms with E-state index in [1.165, 1.54) is 11.3 Å². The lowest BCUT2D eigenvalue weighted by molar-refractivity contribution is -0.134. The van der Waals surface area contributed by atoms with E-state index in [1.54, 1.807) is 6.07 Å². The fraction of sp³-hybridized carbons (Fsp3) is 0.625. The van der Waals surface area contributed by atoms with E-state index in [9.17, 15) is 9.59 Å². The predicted molar refractivity (Wildman–Crippen MR) is 89.2 cm³/mol. The van der Waals surface area contributed by atoms with E-state index in [-0.39, 0.29) is 11.8 Å². The van der Waals surface area contributed by atoms with Crippen molar-refractivity contribution in [2.45, 2.75) is 38.6 Å². The Morgan fingerprint density at radius 3 is 2.82 bits per heavy atom. The number of nitrogens with zero attached hydrogens (tertiary/aromatic N) is 1. The van der Waals surface area contributed by atoms with Gasteiger partial charge in [0.15, 0.2) is 0 Å². The van der Waals surface area contributed by atoms with Gasteiger partial charge in [0.05, 0.1) is 4.88 Å². The van der Waals surface area contributed by atoms with Crippen molar-refractivity contribution in [1.82, 2.24) is 15.5 Å². The second kappa shape index (κ2) is 8.90. The van der Waals surface area contributed by atoms with Crippen LogP contribution in [0.1, 0.15) is 42.3 Å². The molecule has 6 heteroatoms. The Bertz CT molecular complexity index is 470. The Morgan fingerprint density at radius 2 is 2.18 bits per heavy atom. The summed E-state index contributed by atoms with van der Waals surface area (Å²) >= 11 is 1.41. The molecule has 0 saturated carbocycles. The number of carbonyl (C=O) groups excluding carboxylic acids is 2. The van der Waals surface area contributed by atoms with Crippen molar-refractivity contribution in [3.63, 3.8) is 0 Å². The van der Waals surface area contributed by atoms with Gasteiger partial charge >= 0.3 is 0 Å². The maximum Gasteiger partial charge on any atom is 0.261 e. The topological polar surface area (TPSA) is 61.4 Å². The van der Waals surface area contributed by atoms with E-state index in [1.807, 2.05) is 16.3 Å². The van der Waals surface area contributed by atoms with Gasteiger partial charge in [-0.25, -0.2) is 0 Å². The first-order chi connectivity index (χ1) is 10.7. The molecule has 0 aliphatic carbocycles. The summed E-state index contributed by atoms with van der Waals surface area (Å²) in [5.74, 6) is 0.0620. The van der Waals surface area contributed by atoms with Crippen molar-refractivity contribution in [2.75, 3.05) is 26.2 Å². The lowest BCUT2D eigenvalue weighted by Gasteiger charge is -2.34. The van der Waals surface area contributed by atoms with Crippen LogP contribution in [-0.4, -0.2) is 48.9 Å². The summed E-state index contributed by atoms with van der Waals surface area (Å²) in [6, 6.07) is 3.99. The van der Waals surface area contributed by atoms with Gasteiger partial charge in [0.25, 0.3) is 5.91 Å². The molecular formula is C16H25N3O2S. The molecule has 1 aliphatic heterocycles. The largest absolute Gasteiger partial charge is 0.351 e. The number of hydrogen-bond acceptors (Lipinski definition) is 4. The maximum atomic E-state index is 12.5. The van der Waals surface area contributed by atoms with Crippen LogP contribution in [-0.2, 0) is 4.79 Å². The minimum atomic E-state index is -0.0910. The van der Waals surface area contributed by atoms with Gasteiger partial charge in [-0.3, -0.25) is 9.59 Å². The lowest BCUT2D eigenvalue weighted by Crippen LogP contribution is -2.47. The summed E-state index contributed by atoms with van der Waals surface area (Å²) < 4.78 is 0. The Hall–Kier alpha value is -1.40. The van der Waals surface area contributed by atoms with Crippen LogP contribution in [0.4, 0.5) is 0 Å². The smallest absolute Gasteiger partial charge is 0.261 e. The number of hydrogen-bond donors (Lipinski definition) is 2. The maximum absolute atomic E-state index is 12.5. The van der Waals surface area contributed by atoms with Crippen LogP contribution in [0.15, 0.2) is 17.5 Å². The molecule has 1 fully saturated rings. The van der Waals surface area contributed by atoms with Crippen molar-refractivity contribution < 1.29 is 9.59 Å². The van der Waals surface area contributed by atoms with Crippen LogP contribution in [0.2, 0.25) is 0 Å². The third-order valence-electron chi connectivity index (χ3n) is 3.90. The summed E-state index contributed by atoms with van der Waals surface area (Å²) in [5.41, 5.74) is 0. The average molecular weight is 323 g/mol. The molecule has 5 nitrogen and oxygen atoms in total. The molecule has 1 saturated heterocycles. The zero-order chi connectivity index (χ0) is 15.8. The summed E-state index contributed by atoms with van der Waals surface area (Å²) in [6.45, 7) is 5.27. The molecule has 2 rings (SSSR count). The van der Waals surface area contributed by atoms with Gasteiger partial charge in [-0.05, 0) is 43.8 Å². The van der Waals surface area contributed by atoms with Gasteiger partial charge in [0.2, 0.25) is 5.91 Å². The highest BCUT2D eigenvalue weighted by Gasteiger charge is 2.24. The molecule has 0 spiro atoms. The van der Waals surface area contributed by atoms with Crippen LogP contribution in [0, 0.1) is 0 Å². The number of piperidine rings is 1. The van der Waals surface area contributed by atoms with Gasteiger partial charge in [0, 0.05) is 25.6 Å². The highest BCUT2D eigenvalue weighted by atomic mass is 32.1. The van der Waals surface area contributed by atoms with Crippen LogP contribution in [0.3, 0.4) is 0 Å². The second-order valence-corrected chi connectivity index (χ2v) is 6.50. The normalized spacial score (nSPS) is 15.5. The minimum Gasteiger partial charge on any atom is -0.351 e. The van der Waals surface area contributed by atoms with E-state index in [4.69, 9.17) is 0 Å². The van der Waals surface area contributed by atoms with Gasteiger partial charge < -0.3 is 15.5 Å².